The highest BCUT2D eigenvalue weighted by molar-refractivity contribution is 6.44. The van der Waals surface area contributed by atoms with Crippen LogP contribution in [0.15, 0.2) is 48.5 Å². The fourth-order valence-electron chi connectivity index (χ4n) is 3.92. The Morgan fingerprint density at radius 3 is 2.10 bits per heavy atom. The summed E-state index contributed by atoms with van der Waals surface area (Å²) in [5.74, 6) is -2.93. The lowest BCUT2D eigenvalue weighted by Crippen LogP contribution is -2.36. The monoisotopic (exact) mass is 407 g/mol. The van der Waals surface area contributed by atoms with Gasteiger partial charge in [0.1, 0.15) is 5.92 Å². The van der Waals surface area contributed by atoms with E-state index < -0.39 is 29.8 Å². The van der Waals surface area contributed by atoms with Gasteiger partial charge in [-0.25, -0.2) is 0 Å². The molecule has 1 aliphatic heterocycles. The van der Waals surface area contributed by atoms with Crippen molar-refractivity contribution >= 4 is 17.5 Å². The zero-order chi connectivity index (χ0) is 22.2. The van der Waals surface area contributed by atoms with Crippen molar-refractivity contribution in [2.45, 2.75) is 52.2 Å². The van der Waals surface area contributed by atoms with Crippen molar-refractivity contribution in [1.82, 2.24) is 4.90 Å². The van der Waals surface area contributed by atoms with Crippen LogP contribution in [0.1, 0.15) is 60.8 Å². The predicted octanol–water partition coefficient (Wildman–Crippen LogP) is 3.62. The van der Waals surface area contributed by atoms with Gasteiger partial charge in [-0.15, -0.1) is 0 Å². The topological polar surface area (TPSA) is 74.7 Å². The van der Waals surface area contributed by atoms with Crippen molar-refractivity contribution in [3.8, 4) is 0 Å². The third-order valence-electron chi connectivity index (χ3n) is 5.60. The summed E-state index contributed by atoms with van der Waals surface area (Å²) < 4.78 is 0. The van der Waals surface area contributed by atoms with Crippen molar-refractivity contribution in [2.75, 3.05) is 6.54 Å². The van der Waals surface area contributed by atoms with Gasteiger partial charge in [-0.1, -0.05) is 74.9 Å². The van der Waals surface area contributed by atoms with Crippen molar-refractivity contribution in [3.63, 3.8) is 0 Å². The Kier molecular flexibility index (Phi) is 5.95. The molecule has 158 valence electrons. The third-order valence-corrected chi connectivity index (χ3v) is 5.60. The van der Waals surface area contributed by atoms with Gasteiger partial charge in [0, 0.05) is 12.1 Å². The standard InChI is InChI=1S/C25H29NO4/c1-15-6-8-18(9-7-15)22(28)20-21(26(14-16(2)27)24(30)23(20)29)17-10-12-19(13-11-17)25(3,4)5/h6-13,16,20-21,27H,14H2,1-5H3. The number of benzene rings is 2. The van der Waals surface area contributed by atoms with E-state index in [1.165, 1.54) is 4.90 Å². The first kappa shape index (κ1) is 21.9. The molecule has 1 aliphatic rings. The van der Waals surface area contributed by atoms with Crippen LogP contribution in [0.25, 0.3) is 0 Å². The van der Waals surface area contributed by atoms with Crippen LogP contribution in [0.5, 0.6) is 0 Å². The Balaban J connectivity index is 2.06. The Labute approximate surface area is 177 Å². The molecule has 1 heterocycles. The van der Waals surface area contributed by atoms with Crippen LogP contribution in [0.4, 0.5) is 0 Å². The van der Waals surface area contributed by atoms with Crippen molar-refractivity contribution in [3.05, 3.63) is 70.8 Å². The minimum absolute atomic E-state index is 0.00601. The van der Waals surface area contributed by atoms with E-state index in [0.717, 1.165) is 11.1 Å². The summed E-state index contributed by atoms with van der Waals surface area (Å²) in [5, 5.41) is 9.91. The van der Waals surface area contributed by atoms with Crippen LogP contribution in [0.3, 0.4) is 0 Å². The molecule has 0 spiro atoms. The molecular formula is C25H29NO4. The van der Waals surface area contributed by atoms with E-state index in [-0.39, 0.29) is 17.7 Å². The van der Waals surface area contributed by atoms with Crippen molar-refractivity contribution < 1.29 is 19.5 Å². The molecule has 0 bridgehead atoms. The maximum atomic E-state index is 13.3. The Morgan fingerprint density at radius 1 is 1.03 bits per heavy atom. The molecule has 3 unspecified atom stereocenters. The van der Waals surface area contributed by atoms with Gasteiger partial charge in [-0.2, -0.15) is 0 Å². The van der Waals surface area contributed by atoms with E-state index >= 15 is 0 Å². The second-order valence-corrected chi connectivity index (χ2v) is 9.20. The van der Waals surface area contributed by atoms with Gasteiger partial charge < -0.3 is 10.0 Å². The first-order valence-corrected chi connectivity index (χ1v) is 10.2. The molecule has 1 N–H and O–H groups in total. The van der Waals surface area contributed by atoms with Gasteiger partial charge in [0.05, 0.1) is 12.1 Å². The minimum atomic E-state index is -1.13. The highest BCUT2D eigenvalue weighted by Gasteiger charge is 2.51. The molecule has 0 saturated carbocycles. The maximum Gasteiger partial charge on any atom is 0.291 e. The second-order valence-electron chi connectivity index (χ2n) is 9.20. The largest absolute Gasteiger partial charge is 0.392 e. The van der Waals surface area contributed by atoms with Crippen LogP contribution >= 0.6 is 0 Å². The number of nitrogens with zero attached hydrogens (tertiary/aromatic N) is 1. The molecule has 3 atom stereocenters. The molecule has 0 aromatic heterocycles. The number of β-amino-alcohol motifs (C(OH)–C–C–N with tert-alkyl or cyclic N) is 1. The van der Waals surface area contributed by atoms with Gasteiger partial charge in [0.2, 0.25) is 5.78 Å². The lowest BCUT2D eigenvalue weighted by molar-refractivity contribution is -0.141. The summed E-state index contributed by atoms with van der Waals surface area (Å²) in [6.07, 6.45) is -0.814. The van der Waals surface area contributed by atoms with Gasteiger partial charge in [-0.3, -0.25) is 14.4 Å². The van der Waals surface area contributed by atoms with Crippen molar-refractivity contribution in [1.29, 1.82) is 0 Å². The highest BCUT2D eigenvalue weighted by atomic mass is 16.3. The molecule has 1 amide bonds. The molecule has 0 aliphatic carbocycles. The number of hydrogen-bond acceptors (Lipinski definition) is 4. The summed E-state index contributed by atoms with van der Waals surface area (Å²) >= 11 is 0. The summed E-state index contributed by atoms with van der Waals surface area (Å²) in [7, 11) is 0. The summed E-state index contributed by atoms with van der Waals surface area (Å²) in [5.41, 5.74) is 3.20. The average molecular weight is 408 g/mol. The number of aliphatic hydroxyl groups excluding tert-OH is 1. The highest BCUT2D eigenvalue weighted by Crippen LogP contribution is 2.39. The molecular weight excluding hydrogens is 378 g/mol. The quantitative estimate of drug-likeness (QED) is 0.467. The second kappa shape index (κ2) is 8.15. The van der Waals surface area contributed by atoms with Crippen molar-refractivity contribution in [2.24, 2.45) is 5.92 Å². The number of amides is 1. The summed E-state index contributed by atoms with van der Waals surface area (Å²) in [6.45, 7) is 9.79. The molecule has 3 rings (SSSR count). The number of aryl methyl sites for hydroxylation is 1. The van der Waals surface area contributed by atoms with Crippen LogP contribution in [-0.2, 0) is 15.0 Å². The number of hydrogen-bond donors (Lipinski definition) is 1. The molecule has 30 heavy (non-hydrogen) atoms. The van der Waals surface area contributed by atoms with Crippen LogP contribution in [-0.4, -0.2) is 40.1 Å². The van der Waals surface area contributed by atoms with Gasteiger partial charge in [0.15, 0.2) is 5.78 Å². The number of aliphatic hydroxyl groups is 1. The van der Waals surface area contributed by atoms with Crippen LogP contribution < -0.4 is 0 Å². The zero-order valence-electron chi connectivity index (χ0n) is 18.2. The first-order chi connectivity index (χ1) is 14.0. The number of likely N-dealkylation sites (tertiary alicyclic amines) is 1. The number of ketones is 2. The van der Waals surface area contributed by atoms with Gasteiger partial charge in [-0.05, 0) is 30.4 Å². The maximum absolute atomic E-state index is 13.3. The molecule has 1 saturated heterocycles. The molecule has 1 fully saturated rings. The number of Topliss-reactive ketones (excluding diaryl/α,β-unsaturated/α-hetero) is 2. The van der Waals surface area contributed by atoms with Gasteiger partial charge in [0.25, 0.3) is 5.91 Å². The third kappa shape index (κ3) is 4.21. The minimum Gasteiger partial charge on any atom is -0.392 e. The fraction of sp³-hybridized carbons (Fsp3) is 0.400. The predicted molar refractivity (Wildman–Crippen MR) is 115 cm³/mol. The SMILES string of the molecule is Cc1ccc(C(=O)C2C(=O)C(=O)N(CC(C)O)C2c2ccc(C(C)(C)C)cc2)cc1. The number of carbonyl (C=O) groups excluding carboxylic acids is 3. The van der Waals surface area contributed by atoms with E-state index in [0.29, 0.717) is 11.1 Å². The van der Waals surface area contributed by atoms with E-state index in [1.807, 2.05) is 43.3 Å². The molecule has 2 aromatic carbocycles. The Bertz CT molecular complexity index is 952. The number of rotatable bonds is 5. The number of carbonyl (C=O) groups is 3. The molecule has 5 heteroatoms. The normalized spacial score (nSPS) is 20.5. The van der Waals surface area contributed by atoms with E-state index in [1.54, 1.807) is 19.1 Å². The van der Waals surface area contributed by atoms with E-state index in [2.05, 4.69) is 20.8 Å². The van der Waals surface area contributed by atoms with E-state index in [9.17, 15) is 19.5 Å². The Hall–Kier alpha value is -2.79. The molecule has 5 nitrogen and oxygen atoms in total. The lowest BCUT2D eigenvalue weighted by Gasteiger charge is -2.29. The first-order valence-electron chi connectivity index (χ1n) is 10.2. The fourth-order valence-corrected chi connectivity index (χ4v) is 3.92. The average Bonchev–Trinajstić information content (AvgIpc) is 2.92. The summed E-state index contributed by atoms with van der Waals surface area (Å²) in [4.78, 5) is 40.3. The van der Waals surface area contributed by atoms with Gasteiger partial charge >= 0.3 is 0 Å². The lowest BCUT2D eigenvalue weighted by atomic mass is 9.83. The van der Waals surface area contributed by atoms with E-state index in [4.69, 9.17) is 0 Å². The summed E-state index contributed by atoms with van der Waals surface area (Å²) in [6, 6.07) is 14.0. The van der Waals surface area contributed by atoms with Crippen LogP contribution in [0.2, 0.25) is 0 Å². The molecule has 0 radical (unpaired) electrons. The van der Waals surface area contributed by atoms with Crippen LogP contribution in [0, 0.1) is 12.8 Å². The molecule has 2 aromatic rings. The zero-order valence-corrected chi connectivity index (χ0v) is 18.2. The Morgan fingerprint density at radius 2 is 1.60 bits per heavy atom. The smallest absolute Gasteiger partial charge is 0.291 e.